The molecule has 0 bridgehead atoms. The van der Waals surface area contributed by atoms with Crippen LogP contribution in [0.25, 0.3) is 0 Å². The van der Waals surface area contributed by atoms with Crippen molar-refractivity contribution in [3.05, 3.63) is 11.6 Å². The summed E-state index contributed by atoms with van der Waals surface area (Å²) in [6.07, 6.45) is 2.33. The lowest BCUT2D eigenvalue weighted by atomic mass is 9.82. The Morgan fingerprint density at radius 3 is 2.40 bits per heavy atom. The van der Waals surface area contributed by atoms with E-state index in [0.717, 1.165) is 10.6 Å². The molecule has 0 amide bonds. The van der Waals surface area contributed by atoms with Gasteiger partial charge in [0, 0.05) is 5.54 Å². The molecule has 1 radical (unpaired) electrons. The molecule has 15 heavy (non-hydrogen) atoms. The Hall–Kier alpha value is -0.870. The maximum Gasteiger partial charge on any atom is 0.307 e. The van der Waals surface area contributed by atoms with E-state index in [9.17, 15) is 10.0 Å². The third kappa shape index (κ3) is 2.58. The highest BCUT2D eigenvalue weighted by atomic mass is 16.5. The first kappa shape index (κ1) is 12.2. The minimum absolute atomic E-state index is 0.0285. The first-order valence-corrected chi connectivity index (χ1v) is 5.05. The molecule has 0 aromatic carbocycles. The molecule has 0 spiro atoms. The second-order valence-corrected chi connectivity index (χ2v) is 5.31. The average molecular weight is 212 g/mol. The molecule has 0 aromatic rings. The van der Waals surface area contributed by atoms with Gasteiger partial charge in [0.25, 0.3) is 0 Å². The molecule has 0 saturated heterocycles. The molecule has 1 aliphatic rings. The van der Waals surface area contributed by atoms with Gasteiger partial charge < -0.3 is 5.11 Å². The van der Waals surface area contributed by atoms with Crippen molar-refractivity contribution in [1.82, 2.24) is 5.06 Å². The molecule has 0 fully saturated rings. The van der Waals surface area contributed by atoms with Gasteiger partial charge in [0.1, 0.15) is 0 Å². The van der Waals surface area contributed by atoms with Crippen LogP contribution in [0.15, 0.2) is 11.6 Å². The van der Waals surface area contributed by atoms with Crippen LogP contribution in [0.2, 0.25) is 0 Å². The molecule has 0 unspecified atom stereocenters. The van der Waals surface area contributed by atoms with Crippen LogP contribution in [-0.4, -0.2) is 27.2 Å². The second kappa shape index (κ2) is 3.61. The lowest BCUT2D eigenvalue weighted by Crippen LogP contribution is -2.54. The molecule has 1 rings (SSSR count). The first-order chi connectivity index (χ1) is 6.65. The molecule has 4 nitrogen and oxygen atoms in total. The molecule has 0 saturated carbocycles. The van der Waals surface area contributed by atoms with Gasteiger partial charge >= 0.3 is 5.97 Å². The summed E-state index contributed by atoms with van der Waals surface area (Å²) in [6.45, 7) is 7.30. The number of hydrogen-bond acceptors (Lipinski definition) is 2. The number of carboxylic acids is 1. The number of aliphatic carboxylic acids is 1. The molecule has 1 N–H and O–H groups in total. The summed E-state index contributed by atoms with van der Waals surface area (Å²) in [5.41, 5.74) is -0.306. The van der Waals surface area contributed by atoms with Gasteiger partial charge in [-0.2, -0.15) is 0 Å². The molecule has 0 aliphatic carbocycles. The standard InChI is InChI=1S/C11H18NO3/c1-10(2)6-8(5-9(13)14)7-11(3,4)12(10)15/h6H,5,7H2,1-4H3,(H,13,14). The number of rotatable bonds is 2. The molecule has 0 atom stereocenters. The van der Waals surface area contributed by atoms with Crippen LogP contribution in [-0.2, 0) is 10.0 Å². The van der Waals surface area contributed by atoms with Crippen molar-refractivity contribution >= 4 is 5.97 Å². The minimum Gasteiger partial charge on any atom is -0.481 e. The van der Waals surface area contributed by atoms with E-state index in [1.165, 1.54) is 0 Å². The molecule has 85 valence electrons. The van der Waals surface area contributed by atoms with Crippen molar-refractivity contribution in [1.29, 1.82) is 0 Å². The van der Waals surface area contributed by atoms with Gasteiger partial charge in [0.15, 0.2) is 0 Å². The summed E-state index contributed by atoms with van der Waals surface area (Å²) in [6, 6.07) is 0. The monoisotopic (exact) mass is 212 g/mol. The molecule has 4 heteroatoms. The van der Waals surface area contributed by atoms with Gasteiger partial charge in [0.05, 0.1) is 12.0 Å². The predicted molar refractivity (Wildman–Crippen MR) is 55.6 cm³/mol. The van der Waals surface area contributed by atoms with E-state index >= 15 is 0 Å². The van der Waals surface area contributed by atoms with Gasteiger partial charge in [-0.1, -0.05) is 11.6 Å². The molecule has 1 aliphatic heterocycles. The zero-order chi connectivity index (χ0) is 11.9. The van der Waals surface area contributed by atoms with Crippen LogP contribution in [0.3, 0.4) is 0 Å². The fourth-order valence-corrected chi connectivity index (χ4v) is 2.32. The van der Waals surface area contributed by atoms with Crippen molar-refractivity contribution in [2.45, 2.75) is 51.6 Å². The van der Waals surface area contributed by atoms with Crippen molar-refractivity contribution in [3.8, 4) is 0 Å². The Morgan fingerprint density at radius 2 is 2.00 bits per heavy atom. The topological polar surface area (TPSA) is 60.4 Å². The highest BCUT2D eigenvalue weighted by molar-refractivity contribution is 5.70. The van der Waals surface area contributed by atoms with E-state index in [0.29, 0.717) is 6.42 Å². The summed E-state index contributed by atoms with van der Waals surface area (Å²) in [7, 11) is 0. The fraction of sp³-hybridized carbons (Fsp3) is 0.727. The van der Waals surface area contributed by atoms with E-state index in [4.69, 9.17) is 5.11 Å². The summed E-state index contributed by atoms with van der Waals surface area (Å²) in [5, 5.41) is 21.7. The summed E-state index contributed by atoms with van der Waals surface area (Å²) >= 11 is 0. The summed E-state index contributed by atoms with van der Waals surface area (Å²) in [4.78, 5) is 10.6. The third-order valence-electron chi connectivity index (χ3n) is 2.67. The highest BCUT2D eigenvalue weighted by Gasteiger charge is 2.41. The van der Waals surface area contributed by atoms with Gasteiger partial charge in [0.2, 0.25) is 0 Å². The normalized spacial score (nSPS) is 24.7. The molecular weight excluding hydrogens is 194 g/mol. The van der Waals surface area contributed by atoms with Crippen LogP contribution in [0.1, 0.15) is 40.5 Å². The SMILES string of the molecule is CC1(C)C=C(CC(=O)O)CC(C)(C)N1[O]. The largest absolute Gasteiger partial charge is 0.481 e. The van der Waals surface area contributed by atoms with Crippen LogP contribution >= 0.6 is 0 Å². The van der Waals surface area contributed by atoms with Gasteiger partial charge in [-0.05, 0) is 34.1 Å². The van der Waals surface area contributed by atoms with E-state index in [1.54, 1.807) is 6.08 Å². The van der Waals surface area contributed by atoms with Gasteiger partial charge in [-0.25, -0.2) is 0 Å². The van der Waals surface area contributed by atoms with Gasteiger partial charge in [-0.3, -0.25) is 4.79 Å². The molecular formula is C11H18NO3. The van der Waals surface area contributed by atoms with Crippen molar-refractivity contribution in [2.75, 3.05) is 0 Å². The van der Waals surface area contributed by atoms with Crippen LogP contribution < -0.4 is 0 Å². The van der Waals surface area contributed by atoms with Crippen molar-refractivity contribution < 1.29 is 15.1 Å². The summed E-state index contributed by atoms with van der Waals surface area (Å²) in [5.74, 6) is -0.841. The van der Waals surface area contributed by atoms with Gasteiger partial charge in [-0.15, -0.1) is 10.3 Å². The summed E-state index contributed by atoms with van der Waals surface area (Å²) < 4.78 is 0. The fourth-order valence-electron chi connectivity index (χ4n) is 2.32. The number of carbonyl (C=O) groups is 1. The third-order valence-corrected chi connectivity index (χ3v) is 2.67. The minimum atomic E-state index is -0.841. The Labute approximate surface area is 90.2 Å². The zero-order valence-electron chi connectivity index (χ0n) is 9.70. The number of carboxylic acid groups (broad SMARTS) is 1. The van der Waals surface area contributed by atoms with Crippen LogP contribution in [0.5, 0.6) is 0 Å². The Kier molecular flexibility index (Phi) is 2.94. The molecule has 1 heterocycles. The number of nitrogens with zero attached hydrogens (tertiary/aromatic N) is 1. The van der Waals surface area contributed by atoms with Crippen LogP contribution in [0, 0.1) is 0 Å². The average Bonchev–Trinajstić information content (AvgIpc) is 1.97. The van der Waals surface area contributed by atoms with E-state index in [-0.39, 0.29) is 6.42 Å². The Morgan fingerprint density at radius 1 is 1.47 bits per heavy atom. The van der Waals surface area contributed by atoms with Crippen LogP contribution in [0.4, 0.5) is 0 Å². The number of hydrogen-bond donors (Lipinski definition) is 1. The maximum absolute atomic E-state index is 11.9. The smallest absolute Gasteiger partial charge is 0.307 e. The van der Waals surface area contributed by atoms with E-state index < -0.39 is 17.0 Å². The first-order valence-electron chi connectivity index (χ1n) is 5.05. The maximum atomic E-state index is 11.9. The molecule has 0 aromatic heterocycles. The van der Waals surface area contributed by atoms with E-state index in [2.05, 4.69) is 0 Å². The zero-order valence-corrected chi connectivity index (χ0v) is 9.70. The van der Waals surface area contributed by atoms with Crippen molar-refractivity contribution in [3.63, 3.8) is 0 Å². The lowest BCUT2D eigenvalue weighted by Gasteiger charge is -2.45. The Bertz CT molecular complexity index is 305. The quantitative estimate of drug-likeness (QED) is 0.712. The van der Waals surface area contributed by atoms with Crippen molar-refractivity contribution in [2.24, 2.45) is 0 Å². The predicted octanol–water partition coefficient (Wildman–Crippen LogP) is 2.00. The highest BCUT2D eigenvalue weighted by Crippen LogP contribution is 2.36. The van der Waals surface area contributed by atoms with E-state index in [1.807, 2.05) is 27.7 Å². The second-order valence-electron chi connectivity index (χ2n) is 5.31. The lowest BCUT2D eigenvalue weighted by molar-refractivity contribution is -0.263. The Balaban J connectivity index is 2.98. The number of hydroxylamine groups is 2.